The molecule has 0 bridgehead atoms. The molecule has 0 aliphatic carbocycles. The lowest BCUT2D eigenvalue weighted by Crippen LogP contribution is -1.96. The second kappa shape index (κ2) is 5.52. The van der Waals surface area contributed by atoms with E-state index in [0.29, 0.717) is 11.5 Å². The Labute approximate surface area is 113 Å². The molecule has 7 heteroatoms. The van der Waals surface area contributed by atoms with Gasteiger partial charge in [0.25, 0.3) is 11.6 Å². The van der Waals surface area contributed by atoms with Crippen molar-refractivity contribution in [2.24, 2.45) is 0 Å². The smallest absolute Gasteiger partial charge is 0.290 e. The number of ether oxygens (including phenoxy) is 2. The van der Waals surface area contributed by atoms with Crippen LogP contribution in [0, 0.1) is 22.9 Å². The van der Waals surface area contributed by atoms with Gasteiger partial charge in [0.1, 0.15) is 17.7 Å². The van der Waals surface area contributed by atoms with Crippen molar-refractivity contribution in [3.63, 3.8) is 0 Å². The van der Waals surface area contributed by atoms with Crippen LogP contribution in [-0.2, 0) is 0 Å². The average molecular weight is 278 g/mol. The van der Waals surface area contributed by atoms with Crippen molar-refractivity contribution in [3.05, 3.63) is 52.0 Å². The molecule has 0 spiro atoms. The lowest BCUT2D eigenvalue weighted by Gasteiger charge is -2.09. The Balaban J connectivity index is 2.28. The molecule has 1 aromatic carbocycles. The number of nitro groups is 1. The number of nitrogens with zero attached hydrogens (tertiary/aromatic N) is 2. The van der Waals surface area contributed by atoms with Gasteiger partial charge in [-0.1, -0.05) is 6.07 Å². The van der Waals surface area contributed by atoms with Crippen LogP contribution in [0.25, 0.3) is 0 Å². The molecular weight excluding hydrogens is 267 g/mol. The summed E-state index contributed by atoms with van der Waals surface area (Å²) < 4.78 is 24.0. The Morgan fingerprint density at radius 3 is 2.70 bits per heavy atom. The largest absolute Gasteiger partial charge is 0.496 e. The fourth-order valence-corrected chi connectivity index (χ4v) is 1.57. The number of methoxy groups -OCH3 is 1. The van der Waals surface area contributed by atoms with E-state index in [1.54, 1.807) is 18.2 Å². The van der Waals surface area contributed by atoms with Gasteiger partial charge in [-0.05, 0) is 18.6 Å². The molecule has 0 aliphatic heterocycles. The van der Waals surface area contributed by atoms with E-state index in [9.17, 15) is 14.5 Å². The SMILES string of the molecule is COc1cc(Oc2ncc([N+](=O)[O-])cc2F)ccc1C. The second-order valence-electron chi connectivity index (χ2n) is 3.97. The molecule has 20 heavy (non-hydrogen) atoms. The number of halogens is 1. The lowest BCUT2D eigenvalue weighted by molar-refractivity contribution is -0.385. The fraction of sp³-hybridized carbons (Fsp3) is 0.154. The van der Waals surface area contributed by atoms with Crippen molar-refractivity contribution < 1.29 is 18.8 Å². The summed E-state index contributed by atoms with van der Waals surface area (Å²) in [5.74, 6) is -0.322. The average Bonchev–Trinajstić information content (AvgIpc) is 2.42. The Hall–Kier alpha value is -2.70. The van der Waals surface area contributed by atoms with Crippen molar-refractivity contribution in [2.45, 2.75) is 6.92 Å². The zero-order valence-corrected chi connectivity index (χ0v) is 10.8. The fourth-order valence-electron chi connectivity index (χ4n) is 1.57. The van der Waals surface area contributed by atoms with Crippen molar-refractivity contribution in [1.82, 2.24) is 4.98 Å². The first-order chi connectivity index (χ1) is 9.51. The number of aryl methyl sites for hydroxylation is 1. The zero-order valence-electron chi connectivity index (χ0n) is 10.8. The number of hydrogen-bond acceptors (Lipinski definition) is 5. The van der Waals surface area contributed by atoms with Crippen molar-refractivity contribution in [2.75, 3.05) is 7.11 Å². The van der Waals surface area contributed by atoms with Gasteiger partial charge in [0.05, 0.1) is 18.1 Å². The summed E-state index contributed by atoms with van der Waals surface area (Å²) >= 11 is 0. The van der Waals surface area contributed by atoms with Gasteiger partial charge in [0.2, 0.25) is 0 Å². The van der Waals surface area contributed by atoms with Crippen molar-refractivity contribution in [1.29, 1.82) is 0 Å². The first kappa shape index (κ1) is 13.7. The van der Waals surface area contributed by atoms with Gasteiger partial charge in [0, 0.05) is 6.07 Å². The number of hydrogen-bond donors (Lipinski definition) is 0. The van der Waals surface area contributed by atoms with Crippen LogP contribution >= 0.6 is 0 Å². The summed E-state index contributed by atoms with van der Waals surface area (Å²) in [5, 5.41) is 10.5. The highest BCUT2D eigenvalue weighted by molar-refractivity contribution is 5.41. The van der Waals surface area contributed by atoms with Gasteiger partial charge in [-0.3, -0.25) is 10.1 Å². The summed E-state index contributed by atoms with van der Waals surface area (Å²) in [6, 6.07) is 5.71. The van der Waals surface area contributed by atoms with Gasteiger partial charge in [0.15, 0.2) is 5.82 Å². The molecule has 0 fully saturated rings. The van der Waals surface area contributed by atoms with Crippen LogP contribution in [0.5, 0.6) is 17.4 Å². The van der Waals surface area contributed by atoms with Crippen LogP contribution in [0.15, 0.2) is 30.5 Å². The molecule has 0 aliphatic rings. The minimum absolute atomic E-state index is 0.327. The molecule has 0 atom stereocenters. The van der Waals surface area contributed by atoms with E-state index in [-0.39, 0.29) is 5.88 Å². The highest BCUT2D eigenvalue weighted by Crippen LogP contribution is 2.29. The molecule has 0 saturated heterocycles. The standard InChI is InChI=1S/C13H11FN2O4/c1-8-3-4-10(6-12(8)19-2)20-13-11(14)5-9(7-15-13)16(17)18/h3-7H,1-2H3. The van der Waals surface area contributed by atoms with E-state index in [2.05, 4.69) is 4.98 Å². The highest BCUT2D eigenvalue weighted by atomic mass is 19.1. The zero-order chi connectivity index (χ0) is 14.7. The van der Waals surface area contributed by atoms with Gasteiger partial charge < -0.3 is 9.47 Å². The van der Waals surface area contributed by atoms with Crippen LogP contribution in [0.1, 0.15) is 5.56 Å². The Morgan fingerprint density at radius 2 is 2.10 bits per heavy atom. The van der Waals surface area contributed by atoms with Crippen LogP contribution in [0.3, 0.4) is 0 Å². The maximum absolute atomic E-state index is 13.6. The van der Waals surface area contributed by atoms with E-state index >= 15 is 0 Å². The number of aromatic nitrogens is 1. The van der Waals surface area contributed by atoms with Crippen LogP contribution in [-0.4, -0.2) is 17.0 Å². The lowest BCUT2D eigenvalue weighted by atomic mass is 10.2. The minimum Gasteiger partial charge on any atom is -0.496 e. The van der Waals surface area contributed by atoms with Gasteiger partial charge in [-0.25, -0.2) is 9.37 Å². The topological polar surface area (TPSA) is 74.5 Å². The van der Waals surface area contributed by atoms with Crippen LogP contribution in [0.2, 0.25) is 0 Å². The third kappa shape index (κ3) is 2.82. The molecule has 0 amide bonds. The molecule has 2 aromatic rings. The Kier molecular flexibility index (Phi) is 3.79. The van der Waals surface area contributed by atoms with E-state index in [4.69, 9.17) is 9.47 Å². The summed E-state index contributed by atoms with van der Waals surface area (Å²) in [6.45, 7) is 1.85. The normalized spacial score (nSPS) is 10.2. The first-order valence-corrected chi connectivity index (χ1v) is 5.63. The minimum atomic E-state index is -0.904. The number of rotatable bonds is 4. The van der Waals surface area contributed by atoms with E-state index in [1.165, 1.54) is 7.11 Å². The monoisotopic (exact) mass is 278 g/mol. The molecule has 0 radical (unpaired) electrons. The molecule has 0 saturated carbocycles. The third-order valence-corrected chi connectivity index (χ3v) is 2.60. The molecular formula is C13H11FN2O4. The molecule has 1 heterocycles. The molecule has 1 aromatic heterocycles. The molecule has 2 rings (SSSR count). The molecule has 6 nitrogen and oxygen atoms in total. The quantitative estimate of drug-likeness (QED) is 0.634. The van der Waals surface area contributed by atoms with Crippen molar-refractivity contribution >= 4 is 5.69 Å². The molecule has 0 N–H and O–H groups in total. The molecule has 104 valence electrons. The third-order valence-electron chi connectivity index (χ3n) is 2.60. The summed E-state index contributed by atoms with van der Waals surface area (Å²) in [5.41, 5.74) is 0.466. The van der Waals surface area contributed by atoms with Crippen molar-refractivity contribution in [3.8, 4) is 17.4 Å². The molecule has 0 unspecified atom stereocenters. The van der Waals surface area contributed by atoms with Gasteiger partial charge in [-0.2, -0.15) is 0 Å². The van der Waals surface area contributed by atoms with Gasteiger partial charge >= 0.3 is 0 Å². The maximum atomic E-state index is 13.6. The van der Waals surface area contributed by atoms with Gasteiger partial charge in [-0.15, -0.1) is 0 Å². The summed E-state index contributed by atoms with van der Waals surface area (Å²) in [4.78, 5) is 13.4. The number of benzene rings is 1. The maximum Gasteiger partial charge on any atom is 0.290 e. The van der Waals surface area contributed by atoms with E-state index in [1.807, 2.05) is 6.92 Å². The second-order valence-corrected chi connectivity index (χ2v) is 3.97. The summed E-state index contributed by atoms with van der Waals surface area (Å²) in [6.07, 6.45) is 0.934. The predicted octanol–water partition coefficient (Wildman–Crippen LogP) is 3.24. The highest BCUT2D eigenvalue weighted by Gasteiger charge is 2.14. The number of pyridine rings is 1. The first-order valence-electron chi connectivity index (χ1n) is 5.63. The van der Waals surface area contributed by atoms with Crippen LogP contribution in [0.4, 0.5) is 10.1 Å². The Bertz CT molecular complexity index is 661. The Morgan fingerprint density at radius 1 is 1.35 bits per heavy atom. The summed E-state index contributed by atoms with van der Waals surface area (Å²) in [7, 11) is 1.51. The van der Waals surface area contributed by atoms with E-state index in [0.717, 1.165) is 17.8 Å². The van der Waals surface area contributed by atoms with Crippen LogP contribution < -0.4 is 9.47 Å². The van der Waals surface area contributed by atoms with E-state index < -0.39 is 16.4 Å². The predicted molar refractivity (Wildman–Crippen MR) is 68.7 cm³/mol.